The van der Waals surface area contributed by atoms with E-state index >= 15 is 0 Å². The molecule has 2 aliphatic rings. The van der Waals surface area contributed by atoms with Gasteiger partial charge in [-0.05, 0) is 25.3 Å². The normalized spacial score (nSPS) is 30.9. The van der Waals surface area contributed by atoms with E-state index in [1.54, 1.807) is 11.8 Å². The van der Waals surface area contributed by atoms with Crippen molar-refractivity contribution in [3.05, 3.63) is 28.7 Å². The van der Waals surface area contributed by atoms with E-state index in [2.05, 4.69) is 12.2 Å². The number of thioether (sulfide) groups is 1. The van der Waals surface area contributed by atoms with Crippen LogP contribution in [0.4, 0.5) is 5.69 Å². The number of hydrogen-bond acceptors (Lipinski definition) is 4. The van der Waals surface area contributed by atoms with Crippen molar-refractivity contribution in [1.82, 2.24) is 4.57 Å². The molecule has 1 saturated heterocycles. The predicted octanol–water partition coefficient (Wildman–Crippen LogP) is 1.79. The van der Waals surface area contributed by atoms with Crippen molar-refractivity contribution in [2.24, 2.45) is 11.8 Å². The lowest BCUT2D eigenvalue weighted by Crippen LogP contribution is -2.26. The predicted molar refractivity (Wildman–Crippen MR) is 74.1 cm³/mol. The Bertz CT molecular complexity index is 492. The van der Waals surface area contributed by atoms with E-state index in [1.807, 2.05) is 29.2 Å². The highest BCUT2D eigenvalue weighted by molar-refractivity contribution is 7.99. The fourth-order valence-electron chi connectivity index (χ4n) is 2.75. The number of pyridine rings is 1. The van der Waals surface area contributed by atoms with Gasteiger partial charge in [0.2, 0.25) is 0 Å². The molecular formula is C13H18N2O2S. The first kappa shape index (κ1) is 12.1. The summed E-state index contributed by atoms with van der Waals surface area (Å²) in [6, 6.07) is 4.17. The van der Waals surface area contributed by atoms with Crippen LogP contribution < -0.4 is 10.9 Å². The minimum Gasteiger partial charge on any atom is -0.381 e. The number of aromatic nitrogens is 1. The summed E-state index contributed by atoms with van der Waals surface area (Å²) >= 11 is 1.70. The zero-order valence-electron chi connectivity index (χ0n) is 10.6. The summed E-state index contributed by atoms with van der Waals surface area (Å²) in [5.41, 5.74) is 0.794. The summed E-state index contributed by atoms with van der Waals surface area (Å²) in [7, 11) is 0. The molecule has 1 N–H and O–H groups in total. The Morgan fingerprint density at radius 3 is 2.89 bits per heavy atom. The van der Waals surface area contributed by atoms with Crippen LogP contribution >= 0.6 is 11.8 Å². The SMILES string of the molecule is CSC(C)Nc1cccn(C2[C@H]3COC[C@@H]23)c1=O. The number of rotatable bonds is 4. The van der Waals surface area contributed by atoms with Crippen LogP contribution in [0.1, 0.15) is 13.0 Å². The van der Waals surface area contributed by atoms with Crippen molar-refractivity contribution in [1.29, 1.82) is 0 Å². The van der Waals surface area contributed by atoms with Gasteiger partial charge in [-0.25, -0.2) is 0 Å². The molecule has 1 aliphatic heterocycles. The molecule has 0 bridgehead atoms. The molecule has 1 aromatic heterocycles. The molecule has 0 aromatic carbocycles. The highest BCUT2D eigenvalue weighted by Crippen LogP contribution is 2.53. The van der Waals surface area contributed by atoms with Crippen molar-refractivity contribution < 1.29 is 4.74 Å². The average Bonchev–Trinajstić information content (AvgIpc) is 2.84. The fraction of sp³-hybridized carbons (Fsp3) is 0.615. The Morgan fingerprint density at radius 1 is 1.50 bits per heavy atom. The van der Waals surface area contributed by atoms with Crippen LogP contribution in [-0.2, 0) is 4.74 Å². The Morgan fingerprint density at radius 2 is 2.22 bits per heavy atom. The Hall–Kier alpha value is -0.940. The van der Waals surface area contributed by atoms with Gasteiger partial charge in [0.05, 0.1) is 18.6 Å². The van der Waals surface area contributed by atoms with Crippen LogP contribution in [0.3, 0.4) is 0 Å². The molecule has 2 heterocycles. The molecule has 18 heavy (non-hydrogen) atoms. The zero-order valence-corrected chi connectivity index (χ0v) is 11.4. The first-order valence-electron chi connectivity index (χ1n) is 6.30. The maximum Gasteiger partial charge on any atom is 0.274 e. The van der Waals surface area contributed by atoms with Crippen LogP contribution in [0.2, 0.25) is 0 Å². The second kappa shape index (κ2) is 4.63. The van der Waals surface area contributed by atoms with Gasteiger partial charge in [-0.2, -0.15) is 0 Å². The lowest BCUT2D eigenvalue weighted by Gasteiger charge is -2.14. The van der Waals surface area contributed by atoms with Gasteiger partial charge in [-0.3, -0.25) is 4.79 Å². The van der Waals surface area contributed by atoms with Crippen LogP contribution in [0.15, 0.2) is 23.1 Å². The summed E-state index contributed by atoms with van der Waals surface area (Å²) in [6.45, 7) is 3.67. The summed E-state index contributed by atoms with van der Waals surface area (Å²) in [6.07, 6.45) is 3.93. The molecule has 98 valence electrons. The number of fused-ring (bicyclic) bond motifs is 1. The number of hydrogen-bond donors (Lipinski definition) is 1. The third kappa shape index (κ3) is 1.95. The minimum atomic E-state index is 0.0952. The monoisotopic (exact) mass is 266 g/mol. The second-order valence-electron chi connectivity index (χ2n) is 5.01. The van der Waals surface area contributed by atoms with Crippen LogP contribution in [0.5, 0.6) is 0 Å². The van der Waals surface area contributed by atoms with Crippen molar-refractivity contribution >= 4 is 17.4 Å². The van der Waals surface area contributed by atoms with E-state index in [4.69, 9.17) is 4.74 Å². The smallest absolute Gasteiger partial charge is 0.274 e. The minimum absolute atomic E-state index is 0.0952. The van der Waals surface area contributed by atoms with Crippen LogP contribution in [0, 0.1) is 11.8 Å². The molecule has 2 unspecified atom stereocenters. The van der Waals surface area contributed by atoms with E-state index in [1.165, 1.54) is 0 Å². The molecule has 4 atom stereocenters. The van der Waals surface area contributed by atoms with E-state index in [0.717, 1.165) is 13.2 Å². The van der Waals surface area contributed by atoms with E-state index < -0.39 is 0 Å². The number of anilines is 1. The second-order valence-corrected chi connectivity index (χ2v) is 6.19. The van der Waals surface area contributed by atoms with Crippen LogP contribution in [-0.4, -0.2) is 29.4 Å². The van der Waals surface area contributed by atoms with E-state index in [-0.39, 0.29) is 10.9 Å². The van der Waals surface area contributed by atoms with Crippen molar-refractivity contribution in [2.45, 2.75) is 18.3 Å². The molecule has 4 nitrogen and oxygen atoms in total. The molecular weight excluding hydrogens is 248 g/mol. The van der Waals surface area contributed by atoms with Gasteiger partial charge in [-0.15, -0.1) is 11.8 Å². The van der Waals surface area contributed by atoms with Crippen molar-refractivity contribution in [2.75, 3.05) is 24.8 Å². The number of ether oxygens (including phenoxy) is 1. The van der Waals surface area contributed by atoms with Gasteiger partial charge in [0.15, 0.2) is 0 Å². The summed E-state index contributed by atoms with van der Waals surface area (Å²) < 4.78 is 7.26. The van der Waals surface area contributed by atoms with Crippen molar-refractivity contribution in [3.63, 3.8) is 0 Å². The molecule has 0 amide bonds. The van der Waals surface area contributed by atoms with Crippen LogP contribution in [0.25, 0.3) is 0 Å². The fourth-order valence-corrected chi connectivity index (χ4v) is 3.00. The largest absolute Gasteiger partial charge is 0.381 e. The average molecular weight is 266 g/mol. The first-order chi connectivity index (χ1) is 8.72. The quantitative estimate of drug-likeness (QED) is 0.844. The van der Waals surface area contributed by atoms with Gasteiger partial charge in [0.25, 0.3) is 5.56 Å². The summed E-state index contributed by atoms with van der Waals surface area (Å²) in [5.74, 6) is 1.10. The van der Waals surface area contributed by atoms with Gasteiger partial charge >= 0.3 is 0 Å². The number of nitrogens with zero attached hydrogens (tertiary/aromatic N) is 1. The molecule has 1 aromatic rings. The number of nitrogens with one attached hydrogen (secondary N) is 1. The molecule has 0 spiro atoms. The summed E-state index contributed by atoms with van der Waals surface area (Å²) in [5, 5.41) is 3.49. The Balaban J connectivity index is 1.84. The van der Waals surface area contributed by atoms with Gasteiger partial charge in [-0.1, -0.05) is 0 Å². The third-order valence-electron chi connectivity index (χ3n) is 3.92. The molecule has 2 fully saturated rings. The van der Waals surface area contributed by atoms with E-state index in [9.17, 15) is 4.79 Å². The Kier molecular flexibility index (Phi) is 3.11. The molecule has 5 heteroatoms. The zero-order chi connectivity index (χ0) is 12.7. The molecule has 1 saturated carbocycles. The highest BCUT2D eigenvalue weighted by atomic mass is 32.2. The summed E-state index contributed by atoms with van der Waals surface area (Å²) in [4.78, 5) is 12.4. The van der Waals surface area contributed by atoms with Gasteiger partial charge in [0.1, 0.15) is 5.69 Å². The lowest BCUT2D eigenvalue weighted by molar-refractivity contribution is 0.151. The standard InChI is InChI=1S/C13H18N2O2S/c1-8(18-2)14-11-4-3-5-15(13(11)16)12-9-6-17-7-10(9)12/h3-5,8-10,12,14H,6-7H2,1-2H3/t8?,9-,10+,12?. The molecule has 0 radical (unpaired) electrons. The van der Waals surface area contributed by atoms with Crippen molar-refractivity contribution in [3.8, 4) is 0 Å². The lowest BCUT2D eigenvalue weighted by atomic mass is 10.3. The first-order valence-corrected chi connectivity index (χ1v) is 7.59. The van der Waals surface area contributed by atoms with E-state index in [0.29, 0.717) is 23.6 Å². The molecule has 1 aliphatic carbocycles. The Labute approximate surface area is 111 Å². The van der Waals surface area contributed by atoms with Gasteiger partial charge in [0, 0.05) is 24.1 Å². The topological polar surface area (TPSA) is 43.3 Å². The third-order valence-corrected chi connectivity index (χ3v) is 4.74. The van der Waals surface area contributed by atoms with Gasteiger partial charge < -0.3 is 14.6 Å². The maximum atomic E-state index is 12.4. The molecule has 3 rings (SSSR count). The highest BCUT2D eigenvalue weighted by Gasteiger charge is 2.55. The maximum absolute atomic E-state index is 12.4.